The van der Waals surface area contributed by atoms with Crippen molar-refractivity contribution in [2.45, 2.75) is 19.9 Å². The maximum atomic E-state index is 5.61. The number of nitrogens with zero attached hydrogens (tertiary/aromatic N) is 3. The molecule has 0 amide bonds. The van der Waals surface area contributed by atoms with E-state index in [4.69, 9.17) is 4.74 Å². The molecule has 0 unspecified atom stereocenters. The number of hydrogen-bond donors (Lipinski definition) is 0. The molecule has 0 aliphatic rings. The number of aromatic nitrogens is 3. The van der Waals surface area contributed by atoms with E-state index in [0.29, 0.717) is 17.5 Å². The first-order valence-corrected chi connectivity index (χ1v) is 5.77. The third kappa shape index (κ3) is 2.61. The zero-order valence-corrected chi connectivity index (χ0v) is 10.7. The Morgan fingerprint density at radius 1 is 1.25 bits per heavy atom. The fourth-order valence-corrected chi connectivity index (χ4v) is 1.58. The van der Waals surface area contributed by atoms with E-state index in [2.05, 4.69) is 39.9 Å². The zero-order valence-electron chi connectivity index (χ0n) is 9.09. The summed E-state index contributed by atoms with van der Waals surface area (Å²) in [5, 5.41) is 4.19. The molecule has 2 rings (SSSR count). The van der Waals surface area contributed by atoms with Crippen LogP contribution >= 0.6 is 15.9 Å². The monoisotopic (exact) mass is 281 g/mol. The molecule has 0 bridgehead atoms. The molecule has 5 heteroatoms. The molecule has 4 nitrogen and oxygen atoms in total. The topological polar surface area (TPSA) is 39.9 Å². The summed E-state index contributed by atoms with van der Waals surface area (Å²) < 4.78 is 8.35. The van der Waals surface area contributed by atoms with Gasteiger partial charge in [-0.25, -0.2) is 0 Å². The lowest BCUT2D eigenvalue weighted by Gasteiger charge is -2.04. The minimum atomic E-state index is 0.331. The molecule has 0 aromatic carbocycles. The number of rotatable bonds is 3. The summed E-state index contributed by atoms with van der Waals surface area (Å²) in [5.74, 6) is 1.41. The molecule has 2 heterocycles. The first kappa shape index (κ1) is 11.1. The third-order valence-electron chi connectivity index (χ3n) is 2.02. The van der Waals surface area contributed by atoms with E-state index in [1.807, 2.05) is 16.9 Å². The summed E-state index contributed by atoms with van der Waals surface area (Å²) in [5.41, 5.74) is 0. The van der Waals surface area contributed by atoms with Crippen LogP contribution in [0.1, 0.15) is 19.9 Å². The fraction of sp³-hybridized carbons (Fsp3) is 0.273. The predicted molar refractivity (Wildman–Crippen MR) is 64.6 cm³/mol. The highest BCUT2D eigenvalue weighted by Crippen LogP contribution is 2.23. The molecule has 0 fully saturated rings. The number of hydrogen-bond acceptors (Lipinski definition) is 3. The average molecular weight is 282 g/mol. The lowest BCUT2D eigenvalue weighted by Crippen LogP contribution is -1.99. The Hall–Kier alpha value is -1.36. The van der Waals surface area contributed by atoms with E-state index in [0.717, 1.165) is 4.47 Å². The Morgan fingerprint density at radius 2 is 2.06 bits per heavy atom. The van der Waals surface area contributed by atoms with Crippen molar-refractivity contribution in [1.82, 2.24) is 14.8 Å². The molecule has 84 valence electrons. The SMILES string of the molecule is CC(C)n1cc(Oc2cncc(Br)c2)cn1. The molecule has 0 radical (unpaired) electrons. The lowest BCUT2D eigenvalue weighted by atomic mass is 10.4. The Morgan fingerprint density at radius 3 is 2.69 bits per heavy atom. The molecule has 0 spiro atoms. The highest BCUT2D eigenvalue weighted by molar-refractivity contribution is 9.10. The van der Waals surface area contributed by atoms with Gasteiger partial charge in [0, 0.05) is 16.7 Å². The van der Waals surface area contributed by atoms with Crippen molar-refractivity contribution < 1.29 is 4.74 Å². The van der Waals surface area contributed by atoms with E-state index in [1.54, 1.807) is 18.6 Å². The summed E-state index contributed by atoms with van der Waals surface area (Å²) in [7, 11) is 0. The van der Waals surface area contributed by atoms with Crippen LogP contribution in [0.5, 0.6) is 11.5 Å². The predicted octanol–water partition coefficient (Wildman–Crippen LogP) is 3.41. The molecular weight excluding hydrogens is 270 g/mol. The highest BCUT2D eigenvalue weighted by atomic mass is 79.9. The number of pyridine rings is 1. The minimum Gasteiger partial charge on any atom is -0.452 e. The lowest BCUT2D eigenvalue weighted by molar-refractivity contribution is 0.474. The van der Waals surface area contributed by atoms with Gasteiger partial charge in [0.1, 0.15) is 5.75 Å². The molecule has 0 aliphatic carbocycles. The molecular formula is C11H12BrN3O. The van der Waals surface area contributed by atoms with Gasteiger partial charge >= 0.3 is 0 Å². The third-order valence-corrected chi connectivity index (χ3v) is 2.46. The number of halogens is 1. The van der Waals surface area contributed by atoms with E-state index in [-0.39, 0.29) is 0 Å². The van der Waals surface area contributed by atoms with Crippen LogP contribution in [0.15, 0.2) is 35.3 Å². The van der Waals surface area contributed by atoms with Gasteiger partial charge in [-0.3, -0.25) is 9.67 Å². The second-order valence-electron chi connectivity index (χ2n) is 3.69. The smallest absolute Gasteiger partial charge is 0.165 e. The molecule has 0 saturated carbocycles. The molecule has 2 aromatic heterocycles. The van der Waals surface area contributed by atoms with Gasteiger partial charge in [-0.05, 0) is 35.8 Å². The fourth-order valence-electron chi connectivity index (χ4n) is 1.24. The van der Waals surface area contributed by atoms with Crippen molar-refractivity contribution in [3.63, 3.8) is 0 Å². The standard InChI is InChI=1S/C11H12BrN3O/c1-8(2)15-7-11(6-14-15)16-10-3-9(12)4-13-5-10/h3-8H,1-2H3. The summed E-state index contributed by atoms with van der Waals surface area (Å²) in [6.45, 7) is 4.13. The van der Waals surface area contributed by atoms with Crippen molar-refractivity contribution in [2.75, 3.05) is 0 Å². The Bertz CT molecular complexity index is 482. The van der Waals surface area contributed by atoms with Crippen LogP contribution in [0.25, 0.3) is 0 Å². The summed E-state index contributed by atoms with van der Waals surface area (Å²) >= 11 is 3.34. The van der Waals surface area contributed by atoms with E-state index < -0.39 is 0 Å². The van der Waals surface area contributed by atoms with Crippen LogP contribution < -0.4 is 4.74 Å². The van der Waals surface area contributed by atoms with Crippen molar-refractivity contribution in [3.8, 4) is 11.5 Å². The zero-order chi connectivity index (χ0) is 11.5. The summed E-state index contributed by atoms with van der Waals surface area (Å²) in [6.07, 6.45) is 6.94. The summed E-state index contributed by atoms with van der Waals surface area (Å²) in [6, 6.07) is 2.19. The van der Waals surface area contributed by atoms with Gasteiger partial charge in [0.15, 0.2) is 5.75 Å². The van der Waals surface area contributed by atoms with Gasteiger partial charge in [-0.2, -0.15) is 5.10 Å². The van der Waals surface area contributed by atoms with Crippen LogP contribution in [-0.2, 0) is 0 Å². The van der Waals surface area contributed by atoms with Gasteiger partial charge in [0.25, 0.3) is 0 Å². The second-order valence-corrected chi connectivity index (χ2v) is 4.61. The van der Waals surface area contributed by atoms with Crippen LogP contribution in [0.3, 0.4) is 0 Å². The minimum absolute atomic E-state index is 0.331. The normalized spacial score (nSPS) is 10.8. The van der Waals surface area contributed by atoms with Gasteiger partial charge in [-0.15, -0.1) is 0 Å². The van der Waals surface area contributed by atoms with Crippen molar-refractivity contribution in [2.24, 2.45) is 0 Å². The van der Waals surface area contributed by atoms with Gasteiger partial charge in [0.2, 0.25) is 0 Å². The number of ether oxygens (including phenoxy) is 1. The summed E-state index contributed by atoms with van der Waals surface area (Å²) in [4.78, 5) is 4.02. The molecule has 0 N–H and O–H groups in total. The molecule has 0 atom stereocenters. The first-order valence-electron chi connectivity index (χ1n) is 4.97. The maximum Gasteiger partial charge on any atom is 0.165 e. The maximum absolute atomic E-state index is 5.61. The van der Waals surface area contributed by atoms with Crippen LogP contribution in [-0.4, -0.2) is 14.8 Å². The van der Waals surface area contributed by atoms with Crippen LogP contribution in [0.2, 0.25) is 0 Å². The van der Waals surface area contributed by atoms with E-state index in [1.165, 1.54) is 0 Å². The van der Waals surface area contributed by atoms with Gasteiger partial charge < -0.3 is 4.74 Å². The molecule has 16 heavy (non-hydrogen) atoms. The molecule has 0 aliphatic heterocycles. The van der Waals surface area contributed by atoms with Gasteiger partial charge in [0.05, 0.1) is 18.6 Å². The largest absolute Gasteiger partial charge is 0.452 e. The first-order chi connectivity index (χ1) is 7.65. The average Bonchev–Trinajstić information content (AvgIpc) is 2.66. The van der Waals surface area contributed by atoms with Crippen molar-refractivity contribution in [3.05, 3.63) is 35.3 Å². The Kier molecular flexibility index (Phi) is 3.24. The Balaban J connectivity index is 2.14. The van der Waals surface area contributed by atoms with Crippen molar-refractivity contribution >= 4 is 15.9 Å². The molecule has 2 aromatic rings. The van der Waals surface area contributed by atoms with Crippen LogP contribution in [0, 0.1) is 0 Å². The second kappa shape index (κ2) is 4.65. The molecule has 0 saturated heterocycles. The van der Waals surface area contributed by atoms with E-state index >= 15 is 0 Å². The highest BCUT2D eigenvalue weighted by Gasteiger charge is 2.04. The van der Waals surface area contributed by atoms with E-state index in [9.17, 15) is 0 Å². The van der Waals surface area contributed by atoms with Gasteiger partial charge in [-0.1, -0.05) is 0 Å². The van der Waals surface area contributed by atoms with Crippen LogP contribution in [0.4, 0.5) is 0 Å². The van der Waals surface area contributed by atoms with Crippen molar-refractivity contribution in [1.29, 1.82) is 0 Å². The Labute approximate surface area is 102 Å². The quantitative estimate of drug-likeness (QED) is 0.866.